The van der Waals surface area contributed by atoms with Crippen molar-refractivity contribution < 1.29 is 13.5 Å². The van der Waals surface area contributed by atoms with Gasteiger partial charge in [-0.15, -0.1) is 0 Å². The standard InChI is InChI=1S/C13H28N2O3S/c1-3-5-9-14(10-6-4-2)19(17,18)15-11-7-13(16)8-12-15/h13,16H,3-12H2,1-2H3. The molecular weight excluding hydrogens is 264 g/mol. The maximum absolute atomic E-state index is 12.6. The van der Waals surface area contributed by atoms with Gasteiger partial charge >= 0.3 is 0 Å². The third kappa shape index (κ3) is 5.02. The van der Waals surface area contributed by atoms with E-state index in [1.807, 2.05) is 0 Å². The summed E-state index contributed by atoms with van der Waals surface area (Å²) in [5.74, 6) is 0. The van der Waals surface area contributed by atoms with Gasteiger partial charge in [0, 0.05) is 26.2 Å². The maximum atomic E-state index is 12.6. The summed E-state index contributed by atoms with van der Waals surface area (Å²) in [7, 11) is -3.34. The SMILES string of the molecule is CCCCN(CCCC)S(=O)(=O)N1CCC(O)CC1. The molecule has 1 fully saturated rings. The Balaban J connectivity index is 2.67. The second kappa shape index (κ2) is 8.19. The molecule has 0 aromatic carbocycles. The molecule has 0 bridgehead atoms. The Morgan fingerprint density at radius 2 is 1.58 bits per heavy atom. The first kappa shape index (κ1) is 16.9. The number of rotatable bonds is 8. The zero-order chi connectivity index (χ0) is 14.3. The second-order valence-corrected chi connectivity index (χ2v) is 7.17. The molecule has 114 valence electrons. The van der Waals surface area contributed by atoms with E-state index in [4.69, 9.17) is 0 Å². The van der Waals surface area contributed by atoms with E-state index in [0.29, 0.717) is 39.0 Å². The van der Waals surface area contributed by atoms with Crippen LogP contribution in [-0.2, 0) is 10.2 Å². The van der Waals surface area contributed by atoms with Crippen molar-refractivity contribution in [3.63, 3.8) is 0 Å². The molecule has 0 aromatic rings. The number of hydrogen-bond donors (Lipinski definition) is 1. The Labute approximate surface area is 117 Å². The highest BCUT2D eigenvalue weighted by atomic mass is 32.2. The lowest BCUT2D eigenvalue weighted by Crippen LogP contribution is -2.48. The second-order valence-electron chi connectivity index (χ2n) is 5.24. The topological polar surface area (TPSA) is 60.9 Å². The van der Waals surface area contributed by atoms with Crippen LogP contribution in [0.15, 0.2) is 0 Å². The zero-order valence-corrected chi connectivity index (χ0v) is 13.0. The fourth-order valence-corrected chi connectivity index (χ4v) is 3.97. The van der Waals surface area contributed by atoms with Crippen LogP contribution in [0, 0.1) is 0 Å². The summed E-state index contributed by atoms with van der Waals surface area (Å²) < 4.78 is 28.3. The lowest BCUT2D eigenvalue weighted by Gasteiger charge is -2.33. The summed E-state index contributed by atoms with van der Waals surface area (Å²) in [5, 5.41) is 9.48. The van der Waals surface area contributed by atoms with Gasteiger partial charge in [0.15, 0.2) is 0 Å². The van der Waals surface area contributed by atoms with Crippen molar-refractivity contribution in [3.05, 3.63) is 0 Å². The highest BCUT2D eigenvalue weighted by Gasteiger charge is 2.31. The predicted octanol–water partition coefficient (Wildman–Crippen LogP) is 1.59. The summed E-state index contributed by atoms with van der Waals surface area (Å²) in [6, 6.07) is 0. The Kier molecular flexibility index (Phi) is 7.28. The Morgan fingerprint density at radius 1 is 1.11 bits per heavy atom. The van der Waals surface area contributed by atoms with E-state index >= 15 is 0 Å². The van der Waals surface area contributed by atoms with Crippen LogP contribution in [0.4, 0.5) is 0 Å². The van der Waals surface area contributed by atoms with Crippen LogP contribution in [0.1, 0.15) is 52.4 Å². The van der Waals surface area contributed by atoms with Crippen LogP contribution in [0.2, 0.25) is 0 Å². The van der Waals surface area contributed by atoms with Gasteiger partial charge in [0.05, 0.1) is 6.10 Å². The summed E-state index contributed by atoms with van der Waals surface area (Å²) in [6.45, 7) is 6.25. The quantitative estimate of drug-likeness (QED) is 0.739. The molecule has 19 heavy (non-hydrogen) atoms. The highest BCUT2D eigenvalue weighted by molar-refractivity contribution is 7.86. The minimum absolute atomic E-state index is 0.341. The summed E-state index contributed by atoms with van der Waals surface area (Å²) in [6.07, 6.45) is 4.56. The summed E-state index contributed by atoms with van der Waals surface area (Å²) in [5.41, 5.74) is 0. The average Bonchev–Trinajstić information content (AvgIpc) is 2.39. The van der Waals surface area contributed by atoms with Crippen LogP contribution < -0.4 is 0 Å². The van der Waals surface area contributed by atoms with Crippen molar-refractivity contribution in [3.8, 4) is 0 Å². The van der Waals surface area contributed by atoms with Crippen molar-refractivity contribution in [2.75, 3.05) is 26.2 Å². The molecule has 0 atom stereocenters. The lowest BCUT2D eigenvalue weighted by molar-refractivity contribution is 0.110. The largest absolute Gasteiger partial charge is 0.393 e. The fraction of sp³-hybridized carbons (Fsp3) is 1.00. The van der Waals surface area contributed by atoms with Crippen molar-refractivity contribution in [2.45, 2.75) is 58.5 Å². The van der Waals surface area contributed by atoms with Crippen LogP contribution in [0.25, 0.3) is 0 Å². The molecule has 0 aliphatic carbocycles. The minimum Gasteiger partial charge on any atom is -0.393 e. The third-order valence-electron chi connectivity index (χ3n) is 3.60. The van der Waals surface area contributed by atoms with E-state index in [-0.39, 0.29) is 6.10 Å². The summed E-state index contributed by atoms with van der Waals surface area (Å²) in [4.78, 5) is 0. The van der Waals surface area contributed by atoms with Crippen molar-refractivity contribution in [2.24, 2.45) is 0 Å². The number of aliphatic hydroxyl groups excluding tert-OH is 1. The maximum Gasteiger partial charge on any atom is 0.281 e. The average molecular weight is 292 g/mol. The Bertz CT molecular complexity index is 330. The fourth-order valence-electron chi connectivity index (χ4n) is 2.25. The molecular formula is C13H28N2O3S. The number of hydrogen-bond acceptors (Lipinski definition) is 3. The van der Waals surface area contributed by atoms with Gasteiger partial charge in [-0.3, -0.25) is 0 Å². The van der Waals surface area contributed by atoms with Gasteiger partial charge in [-0.1, -0.05) is 26.7 Å². The summed E-state index contributed by atoms with van der Waals surface area (Å²) >= 11 is 0. The first-order chi connectivity index (χ1) is 9.02. The lowest BCUT2D eigenvalue weighted by atomic mass is 10.1. The molecule has 1 heterocycles. The van der Waals surface area contributed by atoms with E-state index in [1.54, 1.807) is 4.31 Å². The van der Waals surface area contributed by atoms with Gasteiger partial charge in [0.25, 0.3) is 10.2 Å². The molecule has 1 N–H and O–H groups in total. The molecule has 0 saturated carbocycles. The Hall–Kier alpha value is -0.170. The molecule has 1 saturated heterocycles. The molecule has 6 heteroatoms. The van der Waals surface area contributed by atoms with Gasteiger partial charge in [0.2, 0.25) is 0 Å². The van der Waals surface area contributed by atoms with E-state index < -0.39 is 10.2 Å². The highest BCUT2D eigenvalue weighted by Crippen LogP contribution is 2.18. The van der Waals surface area contributed by atoms with Gasteiger partial charge in [-0.25, -0.2) is 0 Å². The minimum atomic E-state index is -3.34. The van der Waals surface area contributed by atoms with E-state index in [9.17, 15) is 13.5 Å². The van der Waals surface area contributed by atoms with Crippen LogP contribution in [0.5, 0.6) is 0 Å². The molecule has 0 unspecified atom stereocenters. The zero-order valence-electron chi connectivity index (χ0n) is 12.2. The number of unbranched alkanes of at least 4 members (excludes halogenated alkanes) is 2. The molecule has 0 amide bonds. The molecule has 1 rings (SSSR count). The molecule has 1 aliphatic rings. The van der Waals surface area contributed by atoms with Crippen molar-refractivity contribution in [1.29, 1.82) is 0 Å². The van der Waals surface area contributed by atoms with Gasteiger partial charge < -0.3 is 5.11 Å². The van der Waals surface area contributed by atoms with Gasteiger partial charge in [-0.05, 0) is 25.7 Å². The smallest absolute Gasteiger partial charge is 0.281 e. The van der Waals surface area contributed by atoms with Gasteiger partial charge in [-0.2, -0.15) is 17.0 Å². The molecule has 1 aliphatic heterocycles. The van der Waals surface area contributed by atoms with Gasteiger partial charge in [0.1, 0.15) is 0 Å². The number of piperidine rings is 1. The van der Waals surface area contributed by atoms with Crippen LogP contribution in [0.3, 0.4) is 0 Å². The first-order valence-electron chi connectivity index (χ1n) is 7.45. The van der Waals surface area contributed by atoms with E-state index in [2.05, 4.69) is 13.8 Å². The van der Waals surface area contributed by atoms with Crippen molar-refractivity contribution in [1.82, 2.24) is 8.61 Å². The van der Waals surface area contributed by atoms with Crippen LogP contribution >= 0.6 is 0 Å². The Morgan fingerprint density at radius 3 is 2.00 bits per heavy atom. The number of aliphatic hydroxyl groups is 1. The normalized spacial score (nSPS) is 19.2. The van der Waals surface area contributed by atoms with E-state index in [0.717, 1.165) is 25.7 Å². The monoisotopic (exact) mass is 292 g/mol. The molecule has 0 radical (unpaired) electrons. The first-order valence-corrected chi connectivity index (χ1v) is 8.85. The molecule has 0 aromatic heterocycles. The van der Waals surface area contributed by atoms with Crippen LogP contribution in [-0.4, -0.2) is 54.4 Å². The van der Waals surface area contributed by atoms with E-state index in [1.165, 1.54) is 4.31 Å². The third-order valence-corrected chi connectivity index (χ3v) is 5.63. The molecule has 0 spiro atoms. The van der Waals surface area contributed by atoms with Crippen molar-refractivity contribution >= 4 is 10.2 Å². The number of nitrogens with zero attached hydrogens (tertiary/aromatic N) is 2. The molecule has 5 nitrogen and oxygen atoms in total. The predicted molar refractivity (Wildman–Crippen MR) is 77.1 cm³/mol.